The first-order chi connectivity index (χ1) is 5.51. The maximum absolute atomic E-state index is 13.0. The molecule has 0 unspecified atom stereocenters. The van der Waals surface area contributed by atoms with Crippen molar-refractivity contribution in [3.8, 4) is 0 Å². The summed E-state index contributed by atoms with van der Waals surface area (Å²) in [5.74, 6) is 0. The minimum atomic E-state index is -2.80. The van der Waals surface area contributed by atoms with Crippen LogP contribution in [0.5, 0.6) is 0 Å². The van der Waals surface area contributed by atoms with Crippen molar-refractivity contribution in [2.45, 2.75) is 24.8 Å². The molecule has 0 rings (SSSR count). The molecule has 0 aromatic rings. The average molecular weight is 167 g/mol. The van der Waals surface area contributed by atoms with Crippen LogP contribution < -0.4 is 0 Å². The number of aldehydes is 1. The molecule has 0 spiro atoms. The van der Waals surface area contributed by atoms with Crippen LogP contribution in [0.15, 0.2) is 0 Å². The van der Waals surface area contributed by atoms with Gasteiger partial charge in [0, 0.05) is 1.37 Å². The highest BCUT2D eigenvalue weighted by Gasteiger charge is 2.37. The molecule has 0 bridgehead atoms. The fraction of sp³-hybridized carbons (Fsp3) is 0.833. The van der Waals surface area contributed by atoms with E-state index in [1.807, 2.05) is 0 Å². The molecule has 0 aliphatic rings. The number of aliphatic hydroxyl groups is 3. The van der Waals surface area contributed by atoms with Crippen LogP contribution in [-0.2, 0) is 4.79 Å². The third kappa shape index (κ3) is 2.53. The van der Waals surface area contributed by atoms with Gasteiger partial charge in [-0.05, 0) is 6.90 Å². The Morgan fingerprint density at radius 3 is 2.64 bits per heavy atom. The molecule has 3 atom stereocenters. The van der Waals surface area contributed by atoms with Crippen molar-refractivity contribution in [1.82, 2.24) is 0 Å². The van der Waals surface area contributed by atoms with Crippen LogP contribution >= 0.6 is 0 Å². The Morgan fingerprint density at radius 2 is 2.36 bits per heavy atom. The predicted octanol–water partition coefficient (Wildman–Crippen LogP) is -1.37. The number of halogens is 1. The summed E-state index contributed by atoms with van der Waals surface area (Å²) in [4.78, 5) is 10.1. The van der Waals surface area contributed by atoms with Crippen LogP contribution in [0.1, 0.15) is 8.27 Å². The van der Waals surface area contributed by atoms with Crippen LogP contribution in [-0.4, -0.2) is 46.1 Å². The Balaban J connectivity index is 4.40. The van der Waals surface area contributed by atoms with Gasteiger partial charge in [0.2, 0.25) is 0 Å². The van der Waals surface area contributed by atoms with Gasteiger partial charge in [0.15, 0.2) is 12.0 Å². The highest BCUT2D eigenvalue weighted by molar-refractivity contribution is 5.62. The molecular weight excluding hydrogens is 155 g/mol. The van der Waals surface area contributed by atoms with E-state index in [9.17, 15) is 9.18 Å². The van der Waals surface area contributed by atoms with Gasteiger partial charge >= 0.3 is 0 Å². The van der Waals surface area contributed by atoms with E-state index in [-0.39, 0.29) is 6.29 Å². The number of carbonyl (C=O) groups is 1. The van der Waals surface area contributed by atoms with Gasteiger partial charge in [-0.15, -0.1) is 0 Å². The summed E-state index contributed by atoms with van der Waals surface area (Å²) in [5.41, 5.74) is -2.80. The molecule has 0 radical (unpaired) electrons. The van der Waals surface area contributed by atoms with Crippen LogP contribution in [0.4, 0.5) is 4.39 Å². The van der Waals surface area contributed by atoms with Crippen molar-refractivity contribution in [3.05, 3.63) is 0 Å². The summed E-state index contributed by atoms with van der Waals surface area (Å²) in [6.45, 7) is -1.85. The lowest BCUT2D eigenvalue weighted by Crippen LogP contribution is -2.46. The summed E-state index contributed by atoms with van der Waals surface area (Å²) >= 11 is 0. The Bertz CT molecular complexity index is 156. The summed E-state index contributed by atoms with van der Waals surface area (Å²) in [5, 5.41) is 25.9. The third-order valence-corrected chi connectivity index (χ3v) is 1.24. The number of hydrogen-bond donors (Lipinski definition) is 3. The Hall–Kier alpha value is -0.520. The number of carbonyl (C=O) groups excluding carboxylic acids is 1. The molecule has 66 valence electrons. The zero-order valence-electron chi connectivity index (χ0n) is 6.77. The largest absolute Gasteiger partial charge is 0.394 e. The lowest BCUT2D eigenvalue weighted by molar-refractivity contribution is -0.133. The molecule has 4 nitrogen and oxygen atoms in total. The van der Waals surface area contributed by atoms with Crippen LogP contribution in [0.3, 0.4) is 0 Å². The normalized spacial score (nSPS) is 23.1. The molecule has 0 fully saturated rings. The van der Waals surface area contributed by atoms with Crippen molar-refractivity contribution in [1.29, 1.82) is 0 Å². The third-order valence-electron chi connectivity index (χ3n) is 1.24. The smallest absolute Gasteiger partial charge is 0.191 e. The molecule has 0 aliphatic heterocycles. The molecule has 0 amide bonds. The van der Waals surface area contributed by atoms with Crippen LogP contribution in [0.2, 0.25) is 0 Å². The summed E-state index contributed by atoms with van der Waals surface area (Å²) < 4.78 is 19.6. The highest BCUT2D eigenvalue weighted by Crippen LogP contribution is 2.15. The Kier molecular flexibility index (Phi) is 2.92. The number of alkyl halides is 1. The molecule has 0 aromatic carbocycles. The summed E-state index contributed by atoms with van der Waals surface area (Å²) in [6, 6.07) is 0. The quantitative estimate of drug-likeness (QED) is 0.451. The lowest BCUT2D eigenvalue weighted by atomic mass is 9.99. The predicted molar refractivity (Wildman–Crippen MR) is 34.7 cm³/mol. The first kappa shape index (κ1) is 8.58. The summed E-state index contributed by atoms with van der Waals surface area (Å²) in [6.07, 6.45) is -4.05. The molecule has 0 saturated heterocycles. The van der Waals surface area contributed by atoms with Gasteiger partial charge in [-0.3, -0.25) is 4.79 Å². The Labute approximate surface area is 64.7 Å². The minimum absolute atomic E-state index is 0.246. The van der Waals surface area contributed by atoms with E-state index in [0.717, 1.165) is 0 Å². The van der Waals surface area contributed by atoms with Crippen molar-refractivity contribution in [2.24, 2.45) is 0 Å². The fourth-order valence-electron chi connectivity index (χ4n) is 0.489. The monoisotopic (exact) mass is 167 g/mol. The maximum atomic E-state index is 13.0. The molecule has 3 N–H and O–H groups in total. The summed E-state index contributed by atoms with van der Waals surface area (Å²) in [7, 11) is 0. The molecule has 0 heterocycles. The molecular formula is C6H11FO4. The molecule has 5 heteroatoms. The van der Waals surface area contributed by atoms with Crippen molar-refractivity contribution >= 4 is 6.29 Å². The topological polar surface area (TPSA) is 77.8 Å². The Morgan fingerprint density at radius 1 is 1.82 bits per heavy atom. The minimum Gasteiger partial charge on any atom is -0.394 e. The van der Waals surface area contributed by atoms with Crippen LogP contribution in [0.25, 0.3) is 0 Å². The molecule has 11 heavy (non-hydrogen) atoms. The number of aliphatic hydroxyl groups excluding tert-OH is 3. The zero-order valence-corrected chi connectivity index (χ0v) is 5.77. The van der Waals surface area contributed by atoms with Gasteiger partial charge in [-0.1, -0.05) is 0 Å². The fourth-order valence-corrected chi connectivity index (χ4v) is 0.489. The second kappa shape index (κ2) is 3.75. The number of hydrogen-bond acceptors (Lipinski definition) is 4. The molecule has 0 aliphatic carbocycles. The lowest BCUT2D eigenvalue weighted by Gasteiger charge is -2.23. The van der Waals surface area contributed by atoms with E-state index in [1.165, 1.54) is 0 Å². The van der Waals surface area contributed by atoms with E-state index in [0.29, 0.717) is 0 Å². The van der Waals surface area contributed by atoms with E-state index >= 15 is 0 Å². The second-order valence-corrected chi connectivity index (χ2v) is 2.24. The van der Waals surface area contributed by atoms with Crippen molar-refractivity contribution in [3.63, 3.8) is 0 Å². The van der Waals surface area contributed by atoms with Gasteiger partial charge < -0.3 is 15.3 Å². The second-order valence-electron chi connectivity index (χ2n) is 2.24. The SMILES string of the molecule is [2H]C[C@](F)(C=O)[C@H](O)[C@H](O)CO. The number of rotatable bonds is 4. The zero-order chi connectivity index (χ0) is 9.78. The van der Waals surface area contributed by atoms with Gasteiger partial charge in [0.25, 0.3) is 0 Å². The van der Waals surface area contributed by atoms with E-state index in [2.05, 4.69) is 0 Å². The first-order valence-corrected chi connectivity index (χ1v) is 2.93. The molecule has 0 saturated carbocycles. The standard InChI is InChI=1S/C6H11FO4/c1-6(7,3-9)5(11)4(10)2-8/h3-5,8,10-11H,2H2,1H3/t4-,5-,6+/m1/s1/i1D. The highest BCUT2D eigenvalue weighted by atomic mass is 19.1. The van der Waals surface area contributed by atoms with Crippen LogP contribution in [0, 0.1) is 0 Å². The van der Waals surface area contributed by atoms with Gasteiger partial charge in [-0.25, -0.2) is 4.39 Å². The van der Waals surface area contributed by atoms with E-state index in [4.69, 9.17) is 16.7 Å². The van der Waals surface area contributed by atoms with E-state index in [1.54, 1.807) is 0 Å². The first-order valence-electron chi connectivity index (χ1n) is 3.64. The van der Waals surface area contributed by atoms with Gasteiger partial charge in [-0.2, -0.15) is 0 Å². The van der Waals surface area contributed by atoms with Crippen molar-refractivity contribution in [2.75, 3.05) is 6.61 Å². The average Bonchev–Trinajstić information content (AvgIpc) is 2.14. The molecule has 0 aromatic heterocycles. The van der Waals surface area contributed by atoms with Gasteiger partial charge in [0.05, 0.1) is 6.61 Å². The maximum Gasteiger partial charge on any atom is 0.191 e. The van der Waals surface area contributed by atoms with Gasteiger partial charge in [0.1, 0.15) is 12.2 Å². The van der Waals surface area contributed by atoms with Crippen molar-refractivity contribution < 1.29 is 25.9 Å². The van der Waals surface area contributed by atoms with E-state index < -0.39 is 31.4 Å².